The number of rotatable bonds is 8. The maximum Gasteiger partial charge on any atom is 0.186 e. The van der Waals surface area contributed by atoms with Crippen LogP contribution in [0.3, 0.4) is 0 Å². The smallest absolute Gasteiger partial charge is 0.186 e. The lowest BCUT2D eigenvalue weighted by molar-refractivity contribution is 0.201. The predicted molar refractivity (Wildman–Crippen MR) is 148 cm³/mol. The van der Waals surface area contributed by atoms with Crippen molar-refractivity contribution >= 4 is 26.7 Å². The van der Waals surface area contributed by atoms with Crippen LogP contribution in [-0.2, 0) is 6.54 Å². The fourth-order valence-corrected chi connectivity index (χ4v) is 5.92. The molecular weight excluding hydrogens is 498 g/mol. The van der Waals surface area contributed by atoms with Gasteiger partial charge in [-0.2, -0.15) is 0 Å². The molecule has 0 amide bonds. The van der Waals surface area contributed by atoms with Gasteiger partial charge in [0.05, 0.1) is 37.0 Å². The van der Waals surface area contributed by atoms with Gasteiger partial charge >= 0.3 is 0 Å². The van der Waals surface area contributed by atoms with E-state index in [2.05, 4.69) is 55.7 Å². The summed E-state index contributed by atoms with van der Waals surface area (Å²) in [7, 11) is 3.35. The number of hydrogen-bond donors (Lipinski definition) is 0. The van der Waals surface area contributed by atoms with Crippen molar-refractivity contribution in [3.05, 3.63) is 89.7 Å². The highest BCUT2D eigenvalue weighted by molar-refractivity contribution is 7.22. The van der Waals surface area contributed by atoms with Gasteiger partial charge in [-0.05, 0) is 58.0 Å². The van der Waals surface area contributed by atoms with Crippen molar-refractivity contribution in [2.24, 2.45) is 0 Å². The maximum atomic E-state index is 5.41. The zero-order valence-electron chi connectivity index (χ0n) is 21.4. The van der Waals surface area contributed by atoms with Gasteiger partial charge in [0.1, 0.15) is 11.5 Å². The van der Waals surface area contributed by atoms with Crippen LogP contribution in [0.4, 0.5) is 5.13 Å². The molecule has 1 saturated heterocycles. The second-order valence-corrected chi connectivity index (χ2v) is 10.2. The molecule has 3 aromatic carbocycles. The molecule has 0 aliphatic carbocycles. The highest BCUT2D eigenvalue weighted by Gasteiger charge is 2.31. The molecule has 38 heavy (non-hydrogen) atoms. The van der Waals surface area contributed by atoms with Crippen LogP contribution in [-0.4, -0.2) is 70.5 Å². The summed E-state index contributed by atoms with van der Waals surface area (Å²) in [6, 6.07) is 24.4. The van der Waals surface area contributed by atoms with Crippen LogP contribution >= 0.6 is 11.3 Å². The fraction of sp³-hybridized carbons (Fsp3) is 0.286. The summed E-state index contributed by atoms with van der Waals surface area (Å²) in [6.07, 6.45) is 0. The molecule has 0 saturated carbocycles. The molecule has 1 aliphatic heterocycles. The van der Waals surface area contributed by atoms with Crippen molar-refractivity contribution in [3.63, 3.8) is 0 Å². The quantitative estimate of drug-likeness (QED) is 0.296. The Morgan fingerprint density at radius 2 is 1.53 bits per heavy atom. The number of piperazine rings is 1. The number of fused-ring (bicyclic) bond motifs is 1. The van der Waals surface area contributed by atoms with Crippen molar-refractivity contribution in [3.8, 4) is 11.5 Å². The first kappa shape index (κ1) is 24.3. The molecule has 1 atom stereocenters. The summed E-state index contributed by atoms with van der Waals surface area (Å²) < 4.78 is 13.8. The van der Waals surface area contributed by atoms with Crippen molar-refractivity contribution in [2.75, 3.05) is 45.3 Å². The Bertz CT molecular complexity index is 1460. The predicted octanol–water partition coefficient (Wildman–Crippen LogP) is 4.26. The summed E-state index contributed by atoms with van der Waals surface area (Å²) in [5, 5.41) is 14.1. The average molecular weight is 528 g/mol. The van der Waals surface area contributed by atoms with Crippen LogP contribution in [0.25, 0.3) is 10.2 Å². The van der Waals surface area contributed by atoms with Gasteiger partial charge in [0.15, 0.2) is 11.0 Å². The normalized spacial score (nSPS) is 15.1. The van der Waals surface area contributed by atoms with Crippen LogP contribution in [0, 0.1) is 0 Å². The zero-order chi connectivity index (χ0) is 25.9. The lowest BCUT2D eigenvalue weighted by Crippen LogP contribution is -2.48. The first-order valence-corrected chi connectivity index (χ1v) is 13.4. The average Bonchev–Trinajstić information content (AvgIpc) is 3.62. The molecular formula is C28H29N7O2S. The molecule has 3 heterocycles. The molecule has 2 aromatic heterocycles. The Labute approximate surface area is 225 Å². The van der Waals surface area contributed by atoms with Crippen molar-refractivity contribution < 1.29 is 9.47 Å². The third-order valence-corrected chi connectivity index (χ3v) is 8.06. The largest absolute Gasteiger partial charge is 0.497 e. The SMILES string of the molecule is COc1ccc(Cn2nnnc2[C@H](c2ccc(OC)cc2)N2CCN(c3nc4ccccc4s3)CC2)cc1. The third kappa shape index (κ3) is 4.92. The Hall–Kier alpha value is -4.02. The van der Waals surface area contributed by atoms with Crippen molar-refractivity contribution in [1.82, 2.24) is 30.1 Å². The van der Waals surface area contributed by atoms with Gasteiger partial charge in [-0.3, -0.25) is 4.90 Å². The van der Waals surface area contributed by atoms with E-state index in [1.807, 2.05) is 47.1 Å². The Balaban J connectivity index is 1.27. The minimum Gasteiger partial charge on any atom is -0.497 e. The molecule has 5 aromatic rings. The number of anilines is 1. The van der Waals surface area contributed by atoms with E-state index in [1.165, 1.54) is 4.70 Å². The topological polar surface area (TPSA) is 81.4 Å². The summed E-state index contributed by atoms with van der Waals surface area (Å²) >= 11 is 1.75. The number of nitrogens with zero attached hydrogens (tertiary/aromatic N) is 7. The first-order valence-electron chi connectivity index (χ1n) is 12.6. The van der Waals surface area contributed by atoms with E-state index < -0.39 is 0 Å². The van der Waals surface area contributed by atoms with E-state index in [-0.39, 0.29) is 6.04 Å². The van der Waals surface area contributed by atoms with E-state index in [1.54, 1.807) is 25.6 Å². The highest BCUT2D eigenvalue weighted by Crippen LogP contribution is 2.33. The molecule has 0 radical (unpaired) electrons. The second kappa shape index (κ2) is 10.8. The Kier molecular flexibility index (Phi) is 6.89. The molecule has 1 aliphatic rings. The lowest BCUT2D eigenvalue weighted by Gasteiger charge is -2.38. The van der Waals surface area contributed by atoms with Crippen molar-refractivity contribution in [2.45, 2.75) is 12.6 Å². The number of para-hydroxylation sites is 1. The van der Waals surface area contributed by atoms with Gasteiger partial charge in [-0.1, -0.05) is 47.7 Å². The summed E-state index contributed by atoms with van der Waals surface area (Å²) in [6.45, 7) is 4.06. The molecule has 6 rings (SSSR count). The van der Waals surface area contributed by atoms with E-state index in [0.29, 0.717) is 6.54 Å². The Morgan fingerprint density at radius 3 is 2.21 bits per heavy atom. The molecule has 0 N–H and O–H groups in total. The van der Waals surface area contributed by atoms with Crippen LogP contribution in [0.2, 0.25) is 0 Å². The van der Waals surface area contributed by atoms with Gasteiger partial charge in [0.25, 0.3) is 0 Å². The van der Waals surface area contributed by atoms with Crippen LogP contribution < -0.4 is 14.4 Å². The van der Waals surface area contributed by atoms with Crippen molar-refractivity contribution in [1.29, 1.82) is 0 Å². The van der Waals surface area contributed by atoms with E-state index in [9.17, 15) is 0 Å². The first-order chi connectivity index (χ1) is 18.7. The molecule has 1 fully saturated rings. The van der Waals surface area contributed by atoms with Gasteiger partial charge in [-0.25, -0.2) is 9.67 Å². The van der Waals surface area contributed by atoms with E-state index >= 15 is 0 Å². The van der Waals surface area contributed by atoms with Crippen LogP contribution in [0.15, 0.2) is 72.8 Å². The molecule has 194 valence electrons. The fourth-order valence-electron chi connectivity index (χ4n) is 4.90. The zero-order valence-corrected chi connectivity index (χ0v) is 22.2. The minimum absolute atomic E-state index is 0.0910. The molecule has 9 nitrogen and oxygen atoms in total. The number of thiazole rings is 1. The molecule has 10 heteroatoms. The summed E-state index contributed by atoms with van der Waals surface area (Å²) in [4.78, 5) is 9.72. The standard InChI is InChI=1S/C28H29N7O2S/c1-36-22-11-7-20(8-12-22)19-35-27(30-31-32-35)26(21-9-13-23(37-2)14-10-21)33-15-17-34(18-16-33)28-29-24-5-3-4-6-25(24)38-28/h3-14,26H,15-19H2,1-2H3/t26-/m0/s1. The van der Waals surface area contributed by atoms with Gasteiger partial charge in [0, 0.05) is 26.2 Å². The monoisotopic (exact) mass is 527 g/mol. The number of aromatic nitrogens is 5. The second-order valence-electron chi connectivity index (χ2n) is 9.21. The number of methoxy groups -OCH3 is 2. The maximum absolute atomic E-state index is 5.41. The number of tetrazole rings is 1. The summed E-state index contributed by atoms with van der Waals surface area (Å²) in [5.41, 5.74) is 3.29. The Morgan fingerprint density at radius 1 is 0.842 bits per heavy atom. The van der Waals surface area contributed by atoms with Gasteiger partial charge < -0.3 is 14.4 Å². The van der Waals surface area contributed by atoms with E-state index in [0.717, 1.165) is 65.3 Å². The number of hydrogen-bond acceptors (Lipinski definition) is 9. The summed E-state index contributed by atoms with van der Waals surface area (Å²) in [5.74, 6) is 2.47. The molecule has 0 bridgehead atoms. The molecule has 0 spiro atoms. The van der Waals surface area contributed by atoms with E-state index in [4.69, 9.17) is 14.5 Å². The van der Waals surface area contributed by atoms with Crippen LogP contribution in [0.5, 0.6) is 11.5 Å². The number of benzene rings is 3. The lowest BCUT2D eigenvalue weighted by atomic mass is 10.0. The van der Waals surface area contributed by atoms with Gasteiger partial charge in [-0.15, -0.1) is 5.10 Å². The third-order valence-electron chi connectivity index (χ3n) is 6.96. The molecule has 0 unspecified atom stereocenters. The van der Waals surface area contributed by atoms with Gasteiger partial charge in [0.2, 0.25) is 0 Å². The minimum atomic E-state index is -0.0910. The van der Waals surface area contributed by atoms with Crippen LogP contribution in [0.1, 0.15) is 23.0 Å². The highest BCUT2D eigenvalue weighted by atomic mass is 32.1. The number of ether oxygens (including phenoxy) is 2.